The van der Waals surface area contributed by atoms with Crippen molar-refractivity contribution >= 4 is 35.6 Å². The summed E-state index contributed by atoms with van der Waals surface area (Å²) in [6.07, 6.45) is 0.816. The summed E-state index contributed by atoms with van der Waals surface area (Å²) in [6.45, 7) is 3.90. The molecule has 0 spiro atoms. The van der Waals surface area contributed by atoms with Gasteiger partial charge in [-0.15, -0.1) is 12.4 Å². The maximum atomic E-state index is 11.5. The molecular formula is C13H18ClN3O2. The Kier molecular flexibility index (Phi) is 4.91. The smallest absolute Gasteiger partial charge is 0.240 e. The third kappa shape index (κ3) is 3.24. The van der Waals surface area contributed by atoms with Crippen LogP contribution in [0.4, 0.5) is 11.4 Å². The molecule has 0 saturated heterocycles. The average molecular weight is 284 g/mol. The quantitative estimate of drug-likeness (QED) is 0.859. The molecule has 2 amide bonds. The van der Waals surface area contributed by atoms with E-state index >= 15 is 0 Å². The number of fused-ring (bicyclic) bond motifs is 1. The number of nitrogens with one attached hydrogen (secondary N) is 1. The van der Waals surface area contributed by atoms with Gasteiger partial charge in [0.05, 0.1) is 6.04 Å². The first-order chi connectivity index (χ1) is 8.49. The predicted octanol–water partition coefficient (Wildman–Crippen LogP) is 1.30. The standard InChI is InChI=1S/C13H17N3O2.ClH/c1-8(14)13(18)15-11-3-4-12-10(7-11)5-6-16(12)9(2)17;/h3-4,7-8H,5-6,14H2,1-2H3,(H,15,18);1H. The van der Waals surface area contributed by atoms with Crippen LogP contribution in [0, 0.1) is 0 Å². The minimum atomic E-state index is -0.535. The molecule has 1 aliphatic heterocycles. The van der Waals surface area contributed by atoms with Crippen LogP contribution in [-0.4, -0.2) is 24.4 Å². The van der Waals surface area contributed by atoms with Gasteiger partial charge >= 0.3 is 0 Å². The van der Waals surface area contributed by atoms with Crippen LogP contribution in [0.25, 0.3) is 0 Å². The van der Waals surface area contributed by atoms with E-state index < -0.39 is 6.04 Å². The van der Waals surface area contributed by atoms with Gasteiger partial charge < -0.3 is 16.0 Å². The Balaban J connectivity index is 0.00000180. The Bertz CT molecular complexity index is 503. The van der Waals surface area contributed by atoms with Crippen LogP contribution < -0.4 is 16.0 Å². The highest BCUT2D eigenvalue weighted by molar-refractivity contribution is 5.96. The largest absolute Gasteiger partial charge is 0.325 e. The topological polar surface area (TPSA) is 75.4 Å². The van der Waals surface area contributed by atoms with E-state index in [0.29, 0.717) is 6.54 Å². The number of amides is 2. The van der Waals surface area contributed by atoms with Gasteiger partial charge in [0, 0.05) is 24.8 Å². The van der Waals surface area contributed by atoms with Crippen LogP contribution >= 0.6 is 12.4 Å². The highest BCUT2D eigenvalue weighted by atomic mass is 35.5. The summed E-state index contributed by atoms with van der Waals surface area (Å²) in [5.41, 5.74) is 8.23. The minimum Gasteiger partial charge on any atom is -0.325 e. The molecule has 2 rings (SSSR count). The van der Waals surface area contributed by atoms with Gasteiger partial charge in [-0.3, -0.25) is 9.59 Å². The zero-order valence-corrected chi connectivity index (χ0v) is 11.8. The molecular weight excluding hydrogens is 266 g/mol. The number of halogens is 1. The van der Waals surface area contributed by atoms with E-state index in [-0.39, 0.29) is 24.2 Å². The summed E-state index contributed by atoms with van der Waals surface area (Å²) in [5, 5.41) is 2.75. The molecule has 0 radical (unpaired) electrons. The monoisotopic (exact) mass is 283 g/mol. The molecule has 1 heterocycles. The van der Waals surface area contributed by atoms with Crippen molar-refractivity contribution in [2.75, 3.05) is 16.8 Å². The van der Waals surface area contributed by atoms with Crippen molar-refractivity contribution in [3.8, 4) is 0 Å². The first kappa shape index (κ1) is 15.5. The number of nitrogens with zero attached hydrogens (tertiary/aromatic N) is 1. The normalized spacial score (nSPS) is 14.4. The first-order valence-electron chi connectivity index (χ1n) is 5.96. The third-order valence-corrected chi connectivity index (χ3v) is 3.04. The number of hydrogen-bond donors (Lipinski definition) is 2. The van der Waals surface area contributed by atoms with Gasteiger partial charge in [0.1, 0.15) is 0 Å². The number of benzene rings is 1. The van der Waals surface area contributed by atoms with Crippen molar-refractivity contribution in [1.82, 2.24) is 0 Å². The molecule has 0 aromatic heterocycles. The molecule has 5 nitrogen and oxygen atoms in total. The number of rotatable bonds is 2. The number of anilines is 2. The maximum absolute atomic E-state index is 11.5. The second-order valence-corrected chi connectivity index (χ2v) is 4.54. The van der Waals surface area contributed by atoms with Crippen LogP contribution in [0.2, 0.25) is 0 Å². The SMILES string of the molecule is CC(=O)N1CCc2cc(NC(=O)C(C)N)ccc21.Cl. The van der Waals surface area contributed by atoms with E-state index in [2.05, 4.69) is 5.32 Å². The predicted molar refractivity (Wildman–Crippen MR) is 77.7 cm³/mol. The molecule has 19 heavy (non-hydrogen) atoms. The molecule has 6 heteroatoms. The van der Waals surface area contributed by atoms with Gasteiger partial charge in [-0.2, -0.15) is 0 Å². The Morgan fingerprint density at radius 1 is 1.42 bits per heavy atom. The fourth-order valence-corrected chi connectivity index (χ4v) is 2.06. The summed E-state index contributed by atoms with van der Waals surface area (Å²) in [6, 6.07) is 5.02. The Morgan fingerprint density at radius 3 is 2.68 bits per heavy atom. The van der Waals surface area contributed by atoms with Crippen molar-refractivity contribution in [2.45, 2.75) is 26.3 Å². The van der Waals surface area contributed by atoms with E-state index in [1.54, 1.807) is 24.8 Å². The molecule has 0 aliphatic carbocycles. The van der Waals surface area contributed by atoms with Crippen molar-refractivity contribution < 1.29 is 9.59 Å². The van der Waals surface area contributed by atoms with E-state index in [4.69, 9.17) is 5.73 Å². The minimum absolute atomic E-state index is 0. The fraction of sp³-hybridized carbons (Fsp3) is 0.385. The zero-order valence-electron chi connectivity index (χ0n) is 11.0. The molecule has 0 fully saturated rings. The second kappa shape index (κ2) is 6.04. The van der Waals surface area contributed by atoms with Gasteiger partial charge in [-0.05, 0) is 37.1 Å². The highest BCUT2D eigenvalue weighted by Gasteiger charge is 2.22. The Hall–Kier alpha value is -1.59. The van der Waals surface area contributed by atoms with Crippen molar-refractivity contribution in [2.24, 2.45) is 5.73 Å². The van der Waals surface area contributed by atoms with Gasteiger partial charge in [-0.1, -0.05) is 0 Å². The van der Waals surface area contributed by atoms with Crippen molar-refractivity contribution in [1.29, 1.82) is 0 Å². The lowest BCUT2D eigenvalue weighted by Gasteiger charge is -2.15. The third-order valence-electron chi connectivity index (χ3n) is 3.04. The number of carbonyl (C=O) groups excluding carboxylic acids is 2. The summed E-state index contributed by atoms with van der Waals surface area (Å²) < 4.78 is 0. The average Bonchev–Trinajstić information content (AvgIpc) is 2.71. The van der Waals surface area contributed by atoms with Crippen LogP contribution in [0.3, 0.4) is 0 Å². The van der Waals surface area contributed by atoms with Crippen molar-refractivity contribution in [3.05, 3.63) is 23.8 Å². The molecule has 1 aromatic carbocycles. The fourth-order valence-electron chi connectivity index (χ4n) is 2.06. The van der Waals surface area contributed by atoms with Gasteiger partial charge in [0.2, 0.25) is 11.8 Å². The lowest BCUT2D eigenvalue weighted by atomic mass is 10.1. The molecule has 0 saturated carbocycles. The van der Waals surface area contributed by atoms with E-state index in [0.717, 1.165) is 23.4 Å². The van der Waals surface area contributed by atoms with Crippen LogP contribution in [0.5, 0.6) is 0 Å². The van der Waals surface area contributed by atoms with Crippen LogP contribution in [-0.2, 0) is 16.0 Å². The molecule has 1 aliphatic rings. The molecule has 1 atom stereocenters. The number of hydrogen-bond acceptors (Lipinski definition) is 3. The van der Waals surface area contributed by atoms with Gasteiger partial charge in [0.15, 0.2) is 0 Å². The maximum Gasteiger partial charge on any atom is 0.240 e. The Morgan fingerprint density at radius 2 is 2.11 bits per heavy atom. The number of carbonyl (C=O) groups is 2. The van der Waals surface area contributed by atoms with Crippen LogP contribution in [0.1, 0.15) is 19.4 Å². The molecule has 3 N–H and O–H groups in total. The zero-order chi connectivity index (χ0) is 13.3. The molecule has 0 bridgehead atoms. The van der Waals surface area contributed by atoms with E-state index in [9.17, 15) is 9.59 Å². The summed E-state index contributed by atoms with van der Waals surface area (Å²) >= 11 is 0. The molecule has 1 unspecified atom stereocenters. The summed E-state index contributed by atoms with van der Waals surface area (Å²) in [7, 11) is 0. The first-order valence-corrected chi connectivity index (χ1v) is 5.96. The van der Waals surface area contributed by atoms with Crippen LogP contribution in [0.15, 0.2) is 18.2 Å². The second-order valence-electron chi connectivity index (χ2n) is 4.54. The van der Waals surface area contributed by atoms with Gasteiger partial charge in [0.25, 0.3) is 0 Å². The summed E-state index contributed by atoms with van der Waals surface area (Å²) in [5.74, 6) is -0.169. The lowest BCUT2D eigenvalue weighted by molar-refractivity contribution is -0.117. The van der Waals surface area contributed by atoms with E-state index in [1.807, 2.05) is 12.1 Å². The lowest BCUT2D eigenvalue weighted by Crippen LogP contribution is -2.32. The summed E-state index contributed by atoms with van der Waals surface area (Å²) in [4.78, 5) is 24.6. The number of nitrogens with two attached hydrogens (primary N) is 1. The van der Waals surface area contributed by atoms with Crippen molar-refractivity contribution in [3.63, 3.8) is 0 Å². The molecule has 104 valence electrons. The van der Waals surface area contributed by atoms with Gasteiger partial charge in [-0.25, -0.2) is 0 Å². The highest BCUT2D eigenvalue weighted by Crippen LogP contribution is 2.30. The van der Waals surface area contributed by atoms with E-state index in [1.165, 1.54) is 0 Å². The Labute approximate surface area is 118 Å². The molecule has 1 aromatic rings.